The van der Waals surface area contributed by atoms with Crippen LogP contribution in [0.4, 0.5) is 0 Å². The minimum absolute atomic E-state index is 0.286. The van der Waals surface area contributed by atoms with Crippen molar-refractivity contribution in [2.45, 2.75) is 27.7 Å². The van der Waals surface area contributed by atoms with Crippen LogP contribution < -0.4 is 0 Å². The molecule has 0 saturated carbocycles. The lowest BCUT2D eigenvalue weighted by atomic mass is 10.1. The molecule has 2 heteroatoms. The number of benzene rings is 1. The van der Waals surface area contributed by atoms with E-state index in [9.17, 15) is 0 Å². The number of hydrogen-bond donors (Lipinski definition) is 0. The van der Waals surface area contributed by atoms with Crippen molar-refractivity contribution in [3.63, 3.8) is 0 Å². The second-order valence-corrected chi connectivity index (χ2v) is 4.26. The molecule has 0 saturated heterocycles. The van der Waals surface area contributed by atoms with Crippen molar-refractivity contribution in [2.75, 3.05) is 0 Å². The number of rotatable bonds is 4. The van der Waals surface area contributed by atoms with Gasteiger partial charge in [0.05, 0.1) is 5.71 Å². The van der Waals surface area contributed by atoms with Crippen LogP contribution in [0.25, 0.3) is 0 Å². The van der Waals surface area contributed by atoms with Crippen molar-refractivity contribution in [3.05, 3.63) is 47.7 Å². The maximum Gasteiger partial charge on any atom is 0.130 e. The highest BCUT2D eigenvalue weighted by Gasteiger charge is 2.02. The molecule has 0 aliphatic carbocycles. The summed E-state index contributed by atoms with van der Waals surface area (Å²) in [6, 6.07) is 8.18. The average Bonchev–Trinajstić information content (AvgIpc) is 2.25. The second-order valence-electron chi connectivity index (χ2n) is 4.26. The molecule has 1 aromatic rings. The van der Waals surface area contributed by atoms with E-state index in [1.165, 1.54) is 5.56 Å². The van der Waals surface area contributed by atoms with Gasteiger partial charge in [-0.25, -0.2) is 0 Å². The third-order valence-electron chi connectivity index (χ3n) is 2.38. The maximum atomic E-state index is 5.25. The quantitative estimate of drug-likeness (QED) is 0.426. The van der Waals surface area contributed by atoms with Gasteiger partial charge in [0.2, 0.25) is 0 Å². The van der Waals surface area contributed by atoms with E-state index in [4.69, 9.17) is 4.84 Å². The molecule has 1 aromatic carbocycles. The van der Waals surface area contributed by atoms with Gasteiger partial charge in [-0.2, -0.15) is 0 Å². The van der Waals surface area contributed by atoms with Gasteiger partial charge >= 0.3 is 0 Å². The normalized spacial score (nSPS) is 11.7. The van der Waals surface area contributed by atoms with E-state index in [0.717, 1.165) is 11.3 Å². The Labute approximate surface area is 97.6 Å². The van der Waals surface area contributed by atoms with Crippen LogP contribution in [0.5, 0.6) is 0 Å². The van der Waals surface area contributed by atoms with Crippen molar-refractivity contribution in [2.24, 2.45) is 11.1 Å². The van der Waals surface area contributed by atoms with Gasteiger partial charge in [0.1, 0.15) is 5.76 Å². The van der Waals surface area contributed by atoms with E-state index in [-0.39, 0.29) is 5.92 Å². The van der Waals surface area contributed by atoms with Crippen LogP contribution in [0.15, 0.2) is 41.8 Å². The molecule has 0 N–H and O–H groups in total. The molecule has 86 valence electrons. The predicted molar refractivity (Wildman–Crippen MR) is 68.5 cm³/mol. The molecule has 0 spiro atoms. The maximum absolute atomic E-state index is 5.25. The monoisotopic (exact) mass is 217 g/mol. The van der Waals surface area contributed by atoms with Gasteiger partial charge in [0.15, 0.2) is 0 Å². The van der Waals surface area contributed by atoms with Crippen molar-refractivity contribution in [3.8, 4) is 0 Å². The minimum Gasteiger partial charge on any atom is -0.362 e. The Kier molecular flexibility index (Phi) is 4.29. The number of allylic oxidation sites excluding steroid dienone is 1. The molecule has 1 rings (SSSR count). The summed E-state index contributed by atoms with van der Waals surface area (Å²) in [5, 5.41) is 4.07. The van der Waals surface area contributed by atoms with Gasteiger partial charge in [-0.15, -0.1) is 0 Å². The molecule has 0 heterocycles. The first kappa shape index (κ1) is 12.5. The van der Waals surface area contributed by atoms with Crippen molar-refractivity contribution in [1.82, 2.24) is 0 Å². The lowest BCUT2D eigenvalue weighted by molar-refractivity contribution is 0.199. The Morgan fingerprint density at radius 2 is 2.06 bits per heavy atom. The van der Waals surface area contributed by atoms with E-state index < -0.39 is 0 Å². The first-order chi connectivity index (χ1) is 7.50. The van der Waals surface area contributed by atoms with Crippen LogP contribution in [-0.2, 0) is 4.84 Å². The molecule has 0 aliphatic heterocycles. The highest BCUT2D eigenvalue weighted by Crippen LogP contribution is 2.10. The number of hydrogen-bond acceptors (Lipinski definition) is 2. The first-order valence-electron chi connectivity index (χ1n) is 5.48. The molecule has 0 atom stereocenters. The molecular formula is C14H19NO. The fourth-order valence-electron chi connectivity index (χ4n) is 1.16. The highest BCUT2D eigenvalue weighted by atomic mass is 16.6. The van der Waals surface area contributed by atoms with E-state index in [1.807, 2.05) is 32.9 Å². The van der Waals surface area contributed by atoms with E-state index in [2.05, 4.69) is 30.8 Å². The number of nitrogens with zero attached hydrogens (tertiary/aromatic N) is 1. The predicted octanol–water partition coefficient (Wildman–Crippen LogP) is 3.91. The molecule has 16 heavy (non-hydrogen) atoms. The van der Waals surface area contributed by atoms with Crippen LogP contribution >= 0.6 is 0 Å². The van der Waals surface area contributed by atoms with Crippen molar-refractivity contribution in [1.29, 1.82) is 0 Å². The van der Waals surface area contributed by atoms with Gasteiger partial charge < -0.3 is 4.84 Å². The average molecular weight is 217 g/mol. The lowest BCUT2D eigenvalue weighted by Crippen LogP contribution is -1.99. The van der Waals surface area contributed by atoms with Crippen LogP contribution in [0.1, 0.15) is 31.9 Å². The Bertz CT molecular complexity index is 405. The number of oxime groups is 1. The standard InChI is InChI=1S/C14H19NO/c1-10(2)13(5)16-15-12(4)14-8-6-7-11(3)9-14/h6-10H,5H2,1-4H3/b15-12+. The molecular weight excluding hydrogens is 198 g/mol. The third-order valence-corrected chi connectivity index (χ3v) is 2.38. The van der Waals surface area contributed by atoms with E-state index in [1.54, 1.807) is 0 Å². The van der Waals surface area contributed by atoms with Crippen LogP contribution in [0.2, 0.25) is 0 Å². The van der Waals surface area contributed by atoms with E-state index in [0.29, 0.717) is 5.76 Å². The Hall–Kier alpha value is -1.57. The fourth-order valence-corrected chi connectivity index (χ4v) is 1.16. The lowest BCUT2D eigenvalue weighted by Gasteiger charge is -2.07. The summed E-state index contributed by atoms with van der Waals surface area (Å²) in [5.41, 5.74) is 3.16. The molecule has 2 nitrogen and oxygen atoms in total. The van der Waals surface area contributed by atoms with Gasteiger partial charge in [-0.05, 0) is 19.4 Å². The summed E-state index contributed by atoms with van der Waals surface area (Å²) in [4.78, 5) is 5.25. The second kappa shape index (κ2) is 5.50. The Morgan fingerprint density at radius 3 is 2.62 bits per heavy atom. The summed E-state index contributed by atoms with van der Waals surface area (Å²) >= 11 is 0. The molecule has 0 amide bonds. The largest absolute Gasteiger partial charge is 0.362 e. The zero-order valence-electron chi connectivity index (χ0n) is 10.4. The molecule has 0 bridgehead atoms. The SMILES string of the molecule is C=C(O/N=C(\C)c1cccc(C)c1)C(C)C. The Balaban J connectivity index is 2.74. The van der Waals surface area contributed by atoms with Crippen LogP contribution in [0.3, 0.4) is 0 Å². The summed E-state index contributed by atoms with van der Waals surface area (Å²) in [6.45, 7) is 11.9. The van der Waals surface area contributed by atoms with Gasteiger partial charge in [0, 0.05) is 5.92 Å². The van der Waals surface area contributed by atoms with Gasteiger partial charge in [-0.3, -0.25) is 0 Å². The fraction of sp³-hybridized carbons (Fsp3) is 0.357. The summed E-state index contributed by atoms with van der Waals surface area (Å²) in [7, 11) is 0. The Morgan fingerprint density at radius 1 is 1.38 bits per heavy atom. The molecule has 0 fully saturated rings. The zero-order valence-corrected chi connectivity index (χ0v) is 10.4. The molecule has 0 aliphatic rings. The molecule has 0 radical (unpaired) electrons. The van der Waals surface area contributed by atoms with Crippen LogP contribution in [0, 0.1) is 12.8 Å². The van der Waals surface area contributed by atoms with Gasteiger partial charge in [-0.1, -0.05) is 55.4 Å². The highest BCUT2D eigenvalue weighted by molar-refractivity contribution is 5.98. The smallest absolute Gasteiger partial charge is 0.130 e. The first-order valence-corrected chi connectivity index (χ1v) is 5.48. The van der Waals surface area contributed by atoms with Gasteiger partial charge in [0.25, 0.3) is 0 Å². The van der Waals surface area contributed by atoms with Crippen LogP contribution in [-0.4, -0.2) is 5.71 Å². The molecule has 0 aromatic heterocycles. The zero-order chi connectivity index (χ0) is 12.1. The van der Waals surface area contributed by atoms with E-state index >= 15 is 0 Å². The topological polar surface area (TPSA) is 21.6 Å². The van der Waals surface area contributed by atoms with Crippen molar-refractivity contribution < 1.29 is 4.84 Å². The third kappa shape index (κ3) is 3.54. The van der Waals surface area contributed by atoms with Crippen molar-refractivity contribution >= 4 is 5.71 Å². The minimum atomic E-state index is 0.286. The summed E-state index contributed by atoms with van der Waals surface area (Å²) in [5.74, 6) is 0.973. The number of aryl methyl sites for hydroxylation is 1. The molecule has 0 unspecified atom stereocenters. The summed E-state index contributed by atoms with van der Waals surface area (Å²) < 4.78 is 0. The summed E-state index contributed by atoms with van der Waals surface area (Å²) in [6.07, 6.45) is 0.